The lowest BCUT2D eigenvalue weighted by Crippen LogP contribution is -2.42. The normalized spacial score (nSPS) is 18.9. The first-order valence-corrected chi connectivity index (χ1v) is 9.66. The van der Waals surface area contributed by atoms with Crippen LogP contribution in [0.4, 0.5) is 0 Å². The van der Waals surface area contributed by atoms with Crippen molar-refractivity contribution in [1.82, 2.24) is 19.9 Å². The topological polar surface area (TPSA) is 77.8 Å². The van der Waals surface area contributed by atoms with Gasteiger partial charge in [0.05, 0.1) is 18.8 Å². The molecule has 0 saturated heterocycles. The van der Waals surface area contributed by atoms with Crippen molar-refractivity contribution >= 4 is 11.6 Å². The molecule has 1 N–H and O–H groups in total. The monoisotopic (exact) mass is 380 g/mol. The summed E-state index contributed by atoms with van der Waals surface area (Å²) in [5.74, 6) is 1.26. The van der Waals surface area contributed by atoms with Gasteiger partial charge in [-0.2, -0.15) is 5.10 Å². The number of fused-ring (bicyclic) bond motifs is 1. The number of hydrogen-bond acceptors (Lipinski definition) is 5. The Kier molecular flexibility index (Phi) is 5.14. The third kappa shape index (κ3) is 3.65. The van der Waals surface area contributed by atoms with E-state index in [-0.39, 0.29) is 18.1 Å². The van der Waals surface area contributed by atoms with Crippen molar-refractivity contribution in [3.8, 4) is 11.5 Å². The minimum absolute atomic E-state index is 0.0676. The van der Waals surface area contributed by atoms with Gasteiger partial charge >= 0.3 is 0 Å². The summed E-state index contributed by atoms with van der Waals surface area (Å²) >= 11 is 0. The summed E-state index contributed by atoms with van der Waals surface area (Å²) < 4.78 is 13.5. The number of hydrogen-bond donors (Lipinski definition) is 1. The molecule has 3 aromatic rings. The molecule has 2 atom stereocenters. The third-order valence-corrected chi connectivity index (χ3v) is 4.95. The highest BCUT2D eigenvalue weighted by Crippen LogP contribution is 2.31. The Hall–Kier alpha value is -3.09. The average Bonchev–Trinajstić information content (AvgIpc) is 3.30. The fourth-order valence-corrected chi connectivity index (χ4v) is 3.58. The molecular formula is C21H24N4O3. The van der Waals surface area contributed by atoms with E-state index in [4.69, 9.17) is 9.47 Å². The van der Waals surface area contributed by atoms with Gasteiger partial charge in [0.15, 0.2) is 17.1 Å². The lowest BCUT2D eigenvalue weighted by atomic mass is 10.2. The van der Waals surface area contributed by atoms with E-state index in [1.807, 2.05) is 44.2 Å². The number of para-hydroxylation sites is 2. The van der Waals surface area contributed by atoms with E-state index in [2.05, 4.69) is 15.4 Å². The Morgan fingerprint density at radius 2 is 2.07 bits per heavy atom. The van der Waals surface area contributed by atoms with Crippen LogP contribution < -0.4 is 14.8 Å². The number of ether oxygens (including phenoxy) is 2. The van der Waals surface area contributed by atoms with Crippen molar-refractivity contribution in [2.24, 2.45) is 0 Å². The van der Waals surface area contributed by atoms with E-state index in [1.54, 1.807) is 16.9 Å². The second-order valence-corrected chi connectivity index (χ2v) is 6.94. The molecule has 1 amide bonds. The summed E-state index contributed by atoms with van der Waals surface area (Å²) in [6.07, 6.45) is 6.03. The van der Waals surface area contributed by atoms with E-state index < -0.39 is 0 Å². The Labute approximate surface area is 163 Å². The number of carbonyl (C=O) groups is 1. The summed E-state index contributed by atoms with van der Waals surface area (Å²) in [6.45, 7) is 4.42. The SMILES string of the molecule is CCOc1ccccc1O[C@@H]1CCC[C@H]1NC(=O)c1cnn2ccc(C)nc12. The highest BCUT2D eigenvalue weighted by Gasteiger charge is 2.32. The summed E-state index contributed by atoms with van der Waals surface area (Å²) in [5, 5.41) is 7.34. The standard InChI is InChI=1S/C21H24N4O3/c1-3-27-18-8-4-5-9-19(18)28-17-10-6-7-16(17)24-21(26)15-13-22-25-12-11-14(2)23-20(15)25/h4-5,8-9,11-13,16-17H,3,6-7,10H2,1-2H3,(H,24,26)/t16-,17-/m1/s1. The van der Waals surface area contributed by atoms with Gasteiger partial charge in [-0.05, 0) is 51.3 Å². The molecule has 1 saturated carbocycles. The van der Waals surface area contributed by atoms with Gasteiger partial charge < -0.3 is 14.8 Å². The lowest BCUT2D eigenvalue weighted by molar-refractivity contribution is 0.0893. The second-order valence-electron chi connectivity index (χ2n) is 6.94. The van der Waals surface area contributed by atoms with Crippen molar-refractivity contribution in [2.75, 3.05) is 6.61 Å². The molecule has 146 valence electrons. The number of nitrogens with one attached hydrogen (secondary N) is 1. The molecule has 2 aromatic heterocycles. The van der Waals surface area contributed by atoms with E-state index in [9.17, 15) is 4.79 Å². The predicted octanol–water partition coefficient (Wildman–Crippen LogP) is 3.17. The minimum atomic E-state index is -0.174. The first-order chi connectivity index (χ1) is 13.7. The number of aryl methyl sites for hydroxylation is 1. The molecule has 1 aromatic carbocycles. The first-order valence-electron chi connectivity index (χ1n) is 9.66. The molecule has 0 spiro atoms. The van der Waals surface area contributed by atoms with Gasteiger partial charge in [-0.25, -0.2) is 9.50 Å². The highest BCUT2D eigenvalue weighted by atomic mass is 16.5. The molecule has 28 heavy (non-hydrogen) atoms. The Morgan fingerprint density at radius 1 is 1.25 bits per heavy atom. The molecule has 2 heterocycles. The Balaban J connectivity index is 1.49. The van der Waals surface area contributed by atoms with E-state index in [0.717, 1.165) is 30.7 Å². The number of amides is 1. The maximum Gasteiger partial charge on any atom is 0.257 e. The van der Waals surface area contributed by atoms with E-state index >= 15 is 0 Å². The fraction of sp³-hybridized carbons (Fsp3) is 0.381. The van der Waals surface area contributed by atoms with Crippen molar-refractivity contribution in [3.05, 3.63) is 54.0 Å². The van der Waals surface area contributed by atoms with Crippen LogP contribution in [-0.2, 0) is 0 Å². The first kappa shape index (κ1) is 18.3. The molecule has 7 nitrogen and oxygen atoms in total. The summed E-state index contributed by atoms with van der Waals surface area (Å²) in [5.41, 5.74) is 1.88. The number of carbonyl (C=O) groups excluding carboxylic acids is 1. The van der Waals surface area contributed by atoms with Crippen LogP contribution in [-0.4, -0.2) is 39.3 Å². The van der Waals surface area contributed by atoms with Crippen molar-refractivity contribution < 1.29 is 14.3 Å². The molecule has 7 heteroatoms. The number of aromatic nitrogens is 3. The minimum Gasteiger partial charge on any atom is -0.490 e. The van der Waals surface area contributed by atoms with Crippen LogP contribution in [0, 0.1) is 6.92 Å². The molecule has 1 aliphatic rings. The Morgan fingerprint density at radius 3 is 2.89 bits per heavy atom. The molecule has 1 fully saturated rings. The molecule has 0 unspecified atom stereocenters. The Bertz CT molecular complexity index is 985. The molecule has 4 rings (SSSR count). The van der Waals surface area contributed by atoms with Crippen LogP contribution >= 0.6 is 0 Å². The van der Waals surface area contributed by atoms with Crippen LogP contribution in [0.5, 0.6) is 11.5 Å². The smallest absolute Gasteiger partial charge is 0.257 e. The van der Waals surface area contributed by atoms with Crippen molar-refractivity contribution in [1.29, 1.82) is 0 Å². The van der Waals surface area contributed by atoms with Gasteiger partial charge in [0, 0.05) is 11.9 Å². The van der Waals surface area contributed by atoms with Gasteiger partial charge in [-0.1, -0.05) is 12.1 Å². The number of nitrogens with zero attached hydrogens (tertiary/aromatic N) is 3. The van der Waals surface area contributed by atoms with Crippen LogP contribution in [0.2, 0.25) is 0 Å². The van der Waals surface area contributed by atoms with Gasteiger partial charge in [-0.3, -0.25) is 4.79 Å². The predicted molar refractivity (Wildman–Crippen MR) is 105 cm³/mol. The molecule has 0 aliphatic heterocycles. The summed E-state index contributed by atoms with van der Waals surface area (Å²) in [7, 11) is 0. The van der Waals surface area contributed by atoms with Gasteiger partial charge in [0.1, 0.15) is 11.7 Å². The number of rotatable bonds is 6. The quantitative estimate of drug-likeness (QED) is 0.711. The van der Waals surface area contributed by atoms with Gasteiger partial charge in [0.25, 0.3) is 5.91 Å². The van der Waals surface area contributed by atoms with E-state index in [0.29, 0.717) is 23.6 Å². The van der Waals surface area contributed by atoms with Gasteiger partial charge in [-0.15, -0.1) is 0 Å². The highest BCUT2D eigenvalue weighted by molar-refractivity contribution is 5.99. The van der Waals surface area contributed by atoms with E-state index in [1.165, 1.54) is 0 Å². The summed E-state index contributed by atoms with van der Waals surface area (Å²) in [4.78, 5) is 17.3. The molecule has 0 radical (unpaired) electrons. The van der Waals surface area contributed by atoms with Crippen LogP contribution in [0.15, 0.2) is 42.7 Å². The second kappa shape index (κ2) is 7.88. The molecular weight excluding hydrogens is 356 g/mol. The zero-order valence-electron chi connectivity index (χ0n) is 16.1. The van der Waals surface area contributed by atoms with Crippen LogP contribution in [0.1, 0.15) is 42.2 Å². The third-order valence-electron chi connectivity index (χ3n) is 4.95. The van der Waals surface area contributed by atoms with Crippen LogP contribution in [0.3, 0.4) is 0 Å². The largest absolute Gasteiger partial charge is 0.490 e. The summed E-state index contributed by atoms with van der Waals surface area (Å²) in [6, 6.07) is 9.44. The maximum absolute atomic E-state index is 12.9. The zero-order valence-corrected chi connectivity index (χ0v) is 16.1. The van der Waals surface area contributed by atoms with Crippen molar-refractivity contribution in [3.63, 3.8) is 0 Å². The fourth-order valence-electron chi connectivity index (χ4n) is 3.58. The zero-order chi connectivity index (χ0) is 19.5. The van der Waals surface area contributed by atoms with Crippen molar-refractivity contribution in [2.45, 2.75) is 45.3 Å². The lowest BCUT2D eigenvalue weighted by Gasteiger charge is -2.23. The van der Waals surface area contributed by atoms with Crippen LogP contribution in [0.25, 0.3) is 5.65 Å². The molecule has 0 bridgehead atoms. The maximum atomic E-state index is 12.9. The average molecular weight is 380 g/mol. The number of benzene rings is 1. The molecule has 1 aliphatic carbocycles. The van der Waals surface area contributed by atoms with Gasteiger partial charge in [0.2, 0.25) is 0 Å².